The number of hydrogen-bond acceptors (Lipinski definition) is 3. The van der Waals surface area contributed by atoms with Gasteiger partial charge in [-0.1, -0.05) is 54.6 Å². The van der Waals surface area contributed by atoms with Gasteiger partial charge in [0, 0.05) is 5.69 Å². The molecule has 5 rings (SSSR count). The van der Waals surface area contributed by atoms with Crippen molar-refractivity contribution >= 4 is 34.3 Å². The van der Waals surface area contributed by atoms with Crippen molar-refractivity contribution in [1.29, 1.82) is 0 Å². The lowest BCUT2D eigenvalue weighted by molar-refractivity contribution is -0.134. The van der Waals surface area contributed by atoms with E-state index in [1.54, 1.807) is 0 Å². The summed E-state index contributed by atoms with van der Waals surface area (Å²) in [6, 6.07) is 20.6. The van der Waals surface area contributed by atoms with Crippen molar-refractivity contribution < 1.29 is 14.4 Å². The average molecular weight is 399 g/mol. The number of amides is 4. The van der Waals surface area contributed by atoms with Crippen LogP contribution in [0.1, 0.15) is 24.0 Å². The summed E-state index contributed by atoms with van der Waals surface area (Å²) in [7, 11) is 0. The molecule has 3 aromatic carbocycles. The fourth-order valence-corrected chi connectivity index (χ4v) is 4.57. The molecule has 0 saturated carbocycles. The highest BCUT2D eigenvalue weighted by atomic mass is 16.2. The van der Waals surface area contributed by atoms with Gasteiger partial charge in [0.2, 0.25) is 5.91 Å². The largest absolute Gasteiger partial charge is 0.325 e. The van der Waals surface area contributed by atoms with Crippen LogP contribution in [0.25, 0.3) is 10.8 Å². The zero-order valence-corrected chi connectivity index (χ0v) is 16.4. The van der Waals surface area contributed by atoms with Crippen molar-refractivity contribution in [3.05, 3.63) is 77.9 Å². The molecule has 1 saturated heterocycles. The maximum atomic E-state index is 13.3. The van der Waals surface area contributed by atoms with Crippen LogP contribution in [0, 0.1) is 0 Å². The van der Waals surface area contributed by atoms with E-state index in [0.717, 1.165) is 39.6 Å². The van der Waals surface area contributed by atoms with Crippen molar-refractivity contribution in [3.8, 4) is 0 Å². The highest BCUT2D eigenvalue weighted by molar-refractivity contribution is 6.10. The number of carbonyl (C=O) groups excluding carboxylic acids is 3. The number of nitrogens with one attached hydrogen (secondary N) is 2. The third kappa shape index (κ3) is 2.92. The van der Waals surface area contributed by atoms with E-state index < -0.39 is 17.5 Å². The van der Waals surface area contributed by atoms with Gasteiger partial charge in [0.15, 0.2) is 0 Å². The number of nitrogens with zero attached hydrogens (tertiary/aromatic N) is 1. The molecule has 6 heteroatoms. The van der Waals surface area contributed by atoms with Crippen molar-refractivity contribution in [2.45, 2.75) is 24.8 Å². The molecule has 0 aromatic heterocycles. The Bertz CT molecular complexity index is 1190. The maximum Gasteiger partial charge on any atom is 0.325 e. The Kier molecular flexibility index (Phi) is 4.28. The van der Waals surface area contributed by atoms with Crippen molar-refractivity contribution in [2.24, 2.45) is 0 Å². The molecule has 1 fully saturated rings. The first-order valence-electron chi connectivity index (χ1n) is 10.1. The molecular formula is C24H21N3O3. The predicted molar refractivity (Wildman–Crippen MR) is 114 cm³/mol. The molecule has 0 unspecified atom stereocenters. The number of fused-ring (bicyclic) bond motifs is 3. The lowest BCUT2D eigenvalue weighted by Crippen LogP contribution is -2.47. The minimum Gasteiger partial charge on any atom is -0.325 e. The van der Waals surface area contributed by atoms with Crippen molar-refractivity contribution in [3.63, 3.8) is 0 Å². The summed E-state index contributed by atoms with van der Waals surface area (Å²) >= 11 is 0. The zero-order chi connectivity index (χ0) is 20.7. The lowest BCUT2D eigenvalue weighted by atomic mass is 9.76. The first kappa shape index (κ1) is 18.4. The molecule has 30 heavy (non-hydrogen) atoms. The monoisotopic (exact) mass is 399 g/mol. The molecule has 1 spiro atoms. The van der Waals surface area contributed by atoms with Gasteiger partial charge in [0.1, 0.15) is 12.1 Å². The zero-order valence-electron chi connectivity index (χ0n) is 16.4. The van der Waals surface area contributed by atoms with Crippen LogP contribution in [0.15, 0.2) is 66.7 Å². The molecule has 1 aliphatic heterocycles. The van der Waals surface area contributed by atoms with E-state index in [9.17, 15) is 14.4 Å². The second-order valence-electron chi connectivity index (χ2n) is 7.85. The summed E-state index contributed by atoms with van der Waals surface area (Å²) in [4.78, 5) is 39.6. The fraction of sp³-hybridized carbons (Fsp3) is 0.208. The van der Waals surface area contributed by atoms with E-state index in [4.69, 9.17) is 0 Å². The van der Waals surface area contributed by atoms with E-state index in [1.165, 1.54) is 0 Å². The second-order valence-corrected chi connectivity index (χ2v) is 7.85. The molecule has 1 atom stereocenters. The Labute approximate surface area is 173 Å². The Morgan fingerprint density at radius 2 is 1.77 bits per heavy atom. The molecule has 2 aliphatic rings. The van der Waals surface area contributed by atoms with Gasteiger partial charge in [0.05, 0.1) is 0 Å². The van der Waals surface area contributed by atoms with Gasteiger partial charge < -0.3 is 10.6 Å². The standard InChI is InChI=1S/C24H21N3O3/c28-21(25-19-12-11-16-6-1-2-8-18(16)14-19)15-27-22(29)24(26-23(27)30)13-5-9-17-7-3-4-10-20(17)24/h1-4,6-8,10-12,14H,5,9,13,15H2,(H,25,28)(H,26,30)/t24-/m0/s1. The fourth-order valence-electron chi connectivity index (χ4n) is 4.57. The Hall–Kier alpha value is -3.67. The summed E-state index contributed by atoms with van der Waals surface area (Å²) in [6.45, 7) is -0.318. The van der Waals surface area contributed by atoms with Crippen LogP contribution in [0.4, 0.5) is 10.5 Å². The Balaban J connectivity index is 1.36. The van der Waals surface area contributed by atoms with Gasteiger partial charge in [-0.05, 0) is 53.3 Å². The Morgan fingerprint density at radius 1 is 1.00 bits per heavy atom. The summed E-state index contributed by atoms with van der Waals surface area (Å²) < 4.78 is 0. The van der Waals surface area contributed by atoms with Crippen LogP contribution in [0.2, 0.25) is 0 Å². The number of urea groups is 1. The molecule has 2 N–H and O–H groups in total. The molecule has 0 radical (unpaired) electrons. The number of hydrogen-bond donors (Lipinski definition) is 2. The van der Waals surface area contributed by atoms with Crippen LogP contribution >= 0.6 is 0 Å². The van der Waals surface area contributed by atoms with Gasteiger partial charge >= 0.3 is 6.03 Å². The molecule has 4 amide bonds. The number of carbonyl (C=O) groups is 3. The Morgan fingerprint density at radius 3 is 2.63 bits per heavy atom. The molecule has 150 valence electrons. The van der Waals surface area contributed by atoms with Crippen LogP contribution in [-0.2, 0) is 21.5 Å². The normalized spacial score (nSPS) is 20.3. The minimum absolute atomic E-state index is 0.318. The van der Waals surface area contributed by atoms with Gasteiger partial charge in [-0.2, -0.15) is 0 Å². The summed E-state index contributed by atoms with van der Waals surface area (Å²) in [5.74, 6) is -0.761. The second kappa shape index (κ2) is 6.99. The number of anilines is 1. The molecule has 6 nitrogen and oxygen atoms in total. The summed E-state index contributed by atoms with van der Waals surface area (Å²) in [5.41, 5.74) is 1.48. The first-order chi connectivity index (χ1) is 14.6. The van der Waals surface area contributed by atoms with E-state index in [-0.39, 0.29) is 12.5 Å². The quantitative estimate of drug-likeness (QED) is 0.661. The molecule has 1 heterocycles. The van der Waals surface area contributed by atoms with E-state index in [1.807, 2.05) is 66.7 Å². The third-order valence-corrected chi connectivity index (χ3v) is 5.99. The van der Waals surface area contributed by atoms with Crippen LogP contribution in [0.5, 0.6) is 0 Å². The number of benzene rings is 3. The van der Waals surface area contributed by atoms with E-state index in [0.29, 0.717) is 12.1 Å². The lowest BCUT2D eigenvalue weighted by Gasteiger charge is -2.33. The summed E-state index contributed by atoms with van der Waals surface area (Å²) in [6.07, 6.45) is 2.22. The van der Waals surface area contributed by atoms with E-state index >= 15 is 0 Å². The first-order valence-corrected chi connectivity index (χ1v) is 10.1. The van der Waals surface area contributed by atoms with Gasteiger partial charge in [-0.3, -0.25) is 14.5 Å². The molecule has 1 aliphatic carbocycles. The van der Waals surface area contributed by atoms with Crippen LogP contribution in [0.3, 0.4) is 0 Å². The van der Waals surface area contributed by atoms with Gasteiger partial charge in [-0.15, -0.1) is 0 Å². The predicted octanol–water partition coefficient (Wildman–Crippen LogP) is 3.56. The van der Waals surface area contributed by atoms with Crippen LogP contribution in [-0.4, -0.2) is 29.3 Å². The van der Waals surface area contributed by atoms with Gasteiger partial charge in [-0.25, -0.2) is 4.79 Å². The molecule has 3 aromatic rings. The van der Waals surface area contributed by atoms with Gasteiger partial charge in [0.25, 0.3) is 5.91 Å². The average Bonchev–Trinajstić information content (AvgIpc) is 2.98. The smallest absolute Gasteiger partial charge is 0.325 e. The number of imide groups is 1. The topological polar surface area (TPSA) is 78.5 Å². The van der Waals surface area contributed by atoms with Crippen LogP contribution < -0.4 is 10.6 Å². The SMILES string of the molecule is O=C(CN1C(=O)N[C@]2(CCCc3ccccc32)C1=O)Nc1ccc2ccccc2c1. The van der Waals surface area contributed by atoms with Crippen molar-refractivity contribution in [2.75, 3.05) is 11.9 Å². The van der Waals surface area contributed by atoms with Crippen molar-refractivity contribution in [1.82, 2.24) is 10.2 Å². The minimum atomic E-state index is -1.06. The number of aryl methyl sites for hydroxylation is 1. The molecule has 0 bridgehead atoms. The van der Waals surface area contributed by atoms with E-state index in [2.05, 4.69) is 10.6 Å². The maximum absolute atomic E-state index is 13.3. The summed E-state index contributed by atoms with van der Waals surface area (Å²) in [5, 5.41) is 7.75. The highest BCUT2D eigenvalue weighted by Gasteiger charge is 2.54. The third-order valence-electron chi connectivity index (χ3n) is 5.99. The molecular weight excluding hydrogens is 378 g/mol. The number of rotatable bonds is 3. The highest BCUT2D eigenvalue weighted by Crippen LogP contribution is 2.39.